The Bertz CT molecular complexity index is 391. The molecule has 2 atom stereocenters. The van der Waals surface area contributed by atoms with Crippen molar-refractivity contribution in [1.29, 1.82) is 0 Å². The summed E-state index contributed by atoms with van der Waals surface area (Å²) in [6.45, 7) is 2.98. The highest BCUT2D eigenvalue weighted by molar-refractivity contribution is 5.83. The quantitative estimate of drug-likeness (QED) is 0.832. The molecule has 5 nitrogen and oxygen atoms in total. The molecule has 0 aromatic carbocycles. The fourth-order valence-corrected chi connectivity index (χ4v) is 3.94. The molecule has 0 bridgehead atoms. The van der Waals surface area contributed by atoms with Crippen molar-refractivity contribution in [1.82, 2.24) is 10.2 Å². The second kappa shape index (κ2) is 6.77. The molecule has 5 heteroatoms. The summed E-state index contributed by atoms with van der Waals surface area (Å²) in [6, 6.07) is -0.156. The van der Waals surface area contributed by atoms with Crippen molar-refractivity contribution >= 4 is 11.9 Å². The Hall–Kier alpha value is -1.10. The maximum absolute atomic E-state index is 12.9. The van der Waals surface area contributed by atoms with E-state index in [9.17, 15) is 14.7 Å². The van der Waals surface area contributed by atoms with Crippen LogP contribution in [0, 0.1) is 5.92 Å². The molecule has 0 aromatic heterocycles. The number of nitrogens with one attached hydrogen (secondary N) is 1. The van der Waals surface area contributed by atoms with Gasteiger partial charge in [-0.25, -0.2) is 0 Å². The summed E-state index contributed by atoms with van der Waals surface area (Å²) in [5, 5.41) is 12.6. The van der Waals surface area contributed by atoms with Crippen molar-refractivity contribution < 1.29 is 14.7 Å². The van der Waals surface area contributed by atoms with Crippen molar-refractivity contribution in [3.05, 3.63) is 0 Å². The number of nitrogens with zero attached hydrogens (tertiary/aromatic N) is 1. The minimum atomic E-state index is -0.804. The van der Waals surface area contributed by atoms with Gasteiger partial charge in [0.15, 0.2) is 0 Å². The van der Waals surface area contributed by atoms with Crippen LogP contribution in [0.5, 0.6) is 0 Å². The van der Waals surface area contributed by atoms with Crippen LogP contribution in [0.4, 0.5) is 0 Å². The Morgan fingerprint density at radius 1 is 1.24 bits per heavy atom. The average molecular weight is 296 g/mol. The first-order valence-corrected chi connectivity index (χ1v) is 8.19. The summed E-state index contributed by atoms with van der Waals surface area (Å²) in [4.78, 5) is 25.9. The standard InChI is InChI=1S/C16H28N2O3/c1-12-7-6-10-17-14(12)15(21)18(2)16(11-13(19)20)8-4-3-5-9-16/h12,14,17H,3-11H2,1-2H3,(H,19,20). The zero-order chi connectivity index (χ0) is 15.5. The van der Waals surface area contributed by atoms with Gasteiger partial charge < -0.3 is 15.3 Å². The number of carbonyl (C=O) groups excluding carboxylic acids is 1. The maximum Gasteiger partial charge on any atom is 0.305 e. The molecule has 0 aromatic rings. The highest BCUT2D eigenvalue weighted by atomic mass is 16.4. The summed E-state index contributed by atoms with van der Waals surface area (Å²) >= 11 is 0. The number of carboxylic acid groups (broad SMARTS) is 1. The first-order valence-electron chi connectivity index (χ1n) is 8.19. The lowest BCUT2D eigenvalue weighted by molar-refractivity contribution is -0.148. The highest BCUT2D eigenvalue weighted by Crippen LogP contribution is 2.36. The molecule has 0 spiro atoms. The number of hydrogen-bond acceptors (Lipinski definition) is 3. The van der Waals surface area contributed by atoms with E-state index < -0.39 is 11.5 Å². The van der Waals surface area contributed by atoms with Crippen LogP contribution >= 0.6 is 0 Å². The van der Waals surface area contributed by atoms with E-state index in [4.69, 9.17) is 0 Å². The van der Waals surface area contributed by atoms with Gasteiger partial charge in [0, 0.05) is 7.05 Å². The summed E-state index contributed by atoms with van der Waals surface area (Å²) in [6.07, 6.45) is 7.01. The minimum absolute atomic E-state index is 0.0658. The molecule has 2 fully saturated rings. The summed E-state index contributed by atoms with van der Waals surface area (Å²) in [7, 11) is 1.81. The van der Waals surface area contributed by atoms with Crippen molar-refractivity contribution in [3.63, 3.8) is 0 Å². The van der Waals surface area contributed by atoms with Crippen LogP contribution in [-0.4, -0.2) is 47.1 Å². The van der Waals surface area contributed by atoms with E-state index in [0.717, 1.165) is 51.5 Å². The van der Waals surface area contributed by atoms with Crippen molar-refractivity contribution in [2.24, 2.45) is 5.92 Å². The van der Waals surface area contributed by atoms with Crippen LogP contribution in [-0.2, 0) is 9.59 Å². The van der Waals surface area contributed by atoms with Gasteiger partial charge in [-0.15, -0.1) is 0 Å². The Kier molecular flexibility index (Phi) is 5.25. The maximum atomic E-state index is 12.9. The Labute approximate surface area is 127 Å². The van der Waals surface area contributed by atoms with E-state index in [1.807, 2.05) is 0 Å². The molecule has 2 aliphatic rings. The predicted molar refractivity (Wildman–Crippen MR) is 81.0 cm³/mol. The van der Waals surface area contributed by atoms with Crippen LogP contribution in [0.2, 0.25) is 0 Å². The van der Waals surface area contributed by atoms with Gasteiger partial charge in [-0.2, -0.15) is 0 Å². The lowest BCUT2D eigenvalue weighted by Gasteiger charge is -2.46. The van der Waals surface area contributed by atoms with Crippen LogP contribution in [0.1, 0.15) is 58.3 Å². The van der Waals surface area contributed by atoms with Gasteiger partial charge in [-0.05, 0) is 38.1 Å². The number of amides is 1. The fraction of sp³-hybridized carbons (Fsp3) is 0.875. The van der Waals surface area contributed by atoms with Gasteiger partial charge in [0.25, 0.3) is 0 Å². The summed E-state index contributed by atoms with van der Waals surface area (Å²) in [5.41, 5.74) is -0.486. The second-order valence-corrected chi connectivity index (χ2v) is 6.80. The first-order chi connectivity index (χ1) is 9.96. The van der Waals surface area contributed by atoms with E-state index in [1.54, 1.807) is 11.9 Å². The van der Waals surface area contributed by atoms with Gasteiger partial charge in [0.2, 0.25) is 5.91 Å². The molecule has 1 amide bonds. The Morgan fingerprint density at radius 2 is 1.90 bits per heavy atom. The van der Waals surface area contributed by atoms with Gasteiger partial charge in [-0.3, -0.25) is 9.59 Å². The van der Waals surface area contributed by atoms with Crippen molar-refractivity contribution in [2.45, 2.75) is 69.9 Å². The number of carbonyl (C=O) groups is 2. The lowest BCUT2D eigenvalue weighted by Crippen LogP contribution is -2.59. The van der Waals surface area contributed by atoms with Crippen molar-refractivity contribution in [3.8, 4) is 0 Å². The number of carboxylic acids is 1. The highest BCUT2D eigenvalue weighted by Gasteiger charge is 2.43. The third-order valence-corrected chi connectivity index (χ3v) is 5.34. The molecular formula is C16H28N2O3. The molecule has 1 heterocycles. The summed E-state index contributed by atoms with van der Waals surface area (Å²) < 4.78 is 0. The molecule has 1 saturated carbocycles. The third-order valence-electron chi connectivity index (χ3n) is 5.34. The number of hydrogen-bond donors (Lipinski definition) is 2. The number of rotatable bonds is 4. The molecule has 2 N–H and O–H groups in total. The predicted octanol–water partition coefficient (Wildman–Crippen LogP) is 2.01. The molecule has 2 rings (SSSR count). The molecule has 1 saturated heterocycles. The number of aliphatic carboxylic acids is 1. The Balaban J connectivity index is 2.14. The van der Waals surface area contributed by atoms with Gasteiger partial charge >= 0.3 is 5.97 Å². The van der Waals surface area contributed by atoms with Crippen LogP contribution in [0.25, 0.3) is 0 Å². The van der Waals surface area contributed by atoms with Gasteiger partial charge in [0.1, 0.15) is 0 Å². The van der Waals surface area contributed by atoms with Gasteiger partial charge in [-0.1, -0.05) is 26.2 Å². The average Bonchev–Trinajstić information content (AvgIpc) is 2.46. The molecular weight excluding hydrogens is 268 g/mol. The van der Waals surface area contributed by atoms with Crippen LogP contribution in [0.15, 0.2) is 0 Å². The van der Waals surface area contributed by atoms with E-state index >= 15 is 0 Å². The summed E-state index contributed by atoms with van der Waals surface area (Å²) in [5.74, 6) is -0.411. The lowest BCUT2D eigenvalue weighted by atomic mass is 9.77. The van der Waals surface area contributed by atoms with Crippen LogP contribution in [0.3, 0.4) is 0 Å². The zero-order valence-electron chi connectivity index (χ0n) is 13.2. The van der Waals surface area contributed by atoms with Crippen LogP contribution < -0.4 is 5.32 Å². The SMILES string of the molecule is CC1CCCNC1C(=O)N(C)C1(CC(=O)O)CCCCC1. The molecule has 0 radical (unpaired) electrons. The van der Waals surface area contributed by atoms with Crippen molar-refractivity contribution in [2.75, 3.05) is 13.6 Å². The molecule has 120 valence electrons. The molecule has 2 unspecified atom stereocenters. The Morgan fingerprint density at radius 3 is 2.48 bits per heavy atom. The second-order valence-electron chi connectivity index (χ2n) is 6.80. The zero-order valence-corrected chi connectivity index (χ0v) is 13.2. The largest absolute Gasteiger partial charge is 0.481 e. The third kappa shape index (κ3) is 3.57. The van der Waals surface area contributed by atoms with E-state index in [2.05, 4.69) is 12.2 Å². The van der Waals surface area contributed by atoms with E-state index in [1.165, 1.54) is 0 Å². The van der Waals surface area contributed by atoms with Gasteiger partial charge in [0.05, 0.1) is 18.0 Å². The number of likely N-dealkylation sites (N-methyl/N-ethyl adjacent to an activating group) is 1. The van der Waals surface area contributed by atoms with E-state index in [0.29, 0.717) is 5.92 Å². The monoisotopic (exact) mass is 296 g/mol. The topological polar surface area (TPSA) is 69.6 Å². The number of piperidine rings is 1. The molecule has 1 aliphatic carbocycles. The normalized spacial score (nSPS) is 28.9. The minimum Gasteiger partial charge on any atom is -0.481 e. The molecule has 21 heavy (non-hydrogen) atoms. The van der Waals surface area contributed by atoms with E-state index in [-0.39, 0.29) is 18.4 Å². The fourth-order valence-electron chi connectivity index (χ4n) is 3.94. The first kappa shape index (κ1) is 16.3. The smallest absolute Gasteiger partial charge is 0.305 e. The molecule has 1 aliphatic heterocycles.